The minimum atomic E-state index is 0.127. The Bertz CT molecular complexity index is 566. The van der Waals surface area contributed by atoms with E-state index in [1.807, 2.05) is 66.4 Å². The van der Waals surface area contributed by atoms with Crippen LogP contribution in [0.2, 0.25) is 0 Å². The van der Waals surface area contributed by atoms with Crippen molar-refractivity contribution in [1.29, 1.82) is 0 Å². The van der Waals surface area contributed by atoms with Crippen LogP contribution in [0.4, 0.5) is 5.69 Å². The van der Waals surface area contributed by atoms with Gasteiger partial charge < -0.3 is 10.6 Å². The molecule has 2 aromatic rings. The van der Waals surface area contributed by atoms with Crippen LogP contribution in [0.15, 0.2) is 54.6 Å². The number of rotatable bonds is 5. The predicted octanol–water partition coefficient (Wildman–Crippen LogP) is 2.86. The third kappa shape index (κ3) is 3.60. The maximum absolute atomic E-state index is 12.3. The highest BCUT2D eigenvalue weighted by Gasteiger charge is 2.13. The molecule has 0 unspecified atom stereocenters. The zero-order valence-corrected chi connectivity index (χ0v) is 11.8. The van der Waals surface area contributed by atoms with Gasteiger partial charge >= 0.3 is 0 Å². The third-order valence-electron chi connectivity index (χ3n) is 3.35. The first kappa shape index (κ1) is 14.1. The van der Waals surface area contributed by atoms with Gasteiger partial charge in [0.15, 0.2) is 0 Å². The van der Waals surface area contributed by atoms with Gasteiger partial charge in [-0.25, -0.2) is 0 Å². The molecule has 0 bridgehead atoms. The summed E-state index contributed by atoms with van der Waals surface area (Å²) in [5.74, 6) is 0.127. The minimum absolute atomic E-state index is 0.127. The summed E-state index contributed by atoms with van der Waals surface area (Å²) in [7, 11) is 0. The number of nitrogen functional groups attached to an aromatic ring is 1. The summed E-state index contributed by atoms with van der Waals surface area (Å²) in [6, 6.07) is 17.5. The molecule has 1 amide bonds. The average molecular weight is 268 g/mol. The molecule has 0 heterocycles. The monoisotopic (exact) mass is 268 g/mol. The standard InChI is InChI=1S/C17H20N2O/c1-2-19(13-15-10-6-7-11-16(15)18)17(20)12-14-8-4-3-5-9-14/h3-11H,2,12-13,18H2,1H3. The van der Waals surface area contributed by atoms with Crippen LogP contribution in [0.3, 0.4) is 0 Å². The first-order valence-electron chi connectivity index (χ1n) is 6.85. The first-order chi connectivity index (χ1) is 9.70. The lowest BCUT2D eigenvalue weighted by Crippen LogP contribution is -2.31. The fourth-order valence-corrected chi connectivity index (χ4v) is 2.14. The topological polar surface area (TPSA) is 46.3 Å². The zero-order valence-electron chi connectivity index (χ0n) is 11.8. The number of amides is 1. The molecule has 20 heavy (non-hydrogen) atoms. The number of para-hydroxylation sites is 1. The van der Waals surface area contributed by atoms with E-state index in [2.05, 4.69) is 0 Å². The van der Waals surface area contributed by atoms with Gasteiger partial charge in [0.1, 0.15) is 0 Å². The molecule has 104 valence electrons. The van der Waals surface area contributed by atoms with Crippen LogP contribution in [0.25, 0.3) is 0 Å². The van der Waals surface area contributed by atoms with Crippen LogP contribution in [-0.2, 0) is 17.8 Å². The maximum atomic E-state index is 12.3. The average Bonchev–Trinajstić information content (AvgIpc) is 2.47. The number of nitrogens with two attached hydrogens (primary N) is 1. The van der Waals surface area contributed by atoms with Crippen LogP contribution in [-0.4, -0.2) is 17.4 Å². The van der Waals surface area contributed by atoms with Gasteiger partial charge in [0, 0.05) is 18.8 Å². The summed E-state index contributed by atoms with van der Waals surface area (Å²) in [5, 5.41) is 0. The number of likely N-dealkylation sites (N-methyl/N-ethyl adjacent to an activating group) is 1. The second-order valence-corrected chi connectivity index (χ2v) is 4.77. The number of carbonyl (C=O) groups excluding carboxylic acids is 1. The van der Waals surface area contributed by atoms with Gasteiger partial charge in [-0.2, -0.15) is 0 Å². The number of hydrogen-bond donors (Lipinski definition) is 1. The van der Waals surface area contributed by atoms with Crippen LogP contribution < -0.4 is 5.73 Å². The van der Waals surface area contributed by atoms with Crippen LogP contribution in [0.5, 0.6) is 0 Å². The fourth-order valence-electron chi connectivity index (χ4n) is 2.14. The Kier molecular flexibility index (Phi) is 4.77. The molecule has 2 N–H and O–H groups in total. The predicted molar refractivity (Wildman–Crippen MR) is 82.1 cm³/mol. The molecule has 0 aliphatic carbocycles. The molecule has 3 heteroatoms. The van der Waals surface area contributed by atoms with Crippen LogP contribution in [0, 0.1) is 0 Å². The lowest BCUT2D eigenvalue weighted by atomic mass is 10.1. The Labute approximate surface area is 120 Å². The van der Waals surface area contributed by atoms with Gasteiger partial charge in [0.25, 0.3) is 0 Å². The van der Waals surface area contributed by atoms with Crippen molar-refractivity contribution in [3.63, 3.8) is 0 Å². The van der Waals surface area contributed by atoms with Crippen molar-refractivity contribution in [1.82, 2.24) is 4.90 Å². The molecule has 3 nitrogen and oxygen atoms in total. The van der Waals surface area contributed by atoms with Crippen molar-refractivity contribution in [3.8, 4) is 0 Å². The number of nitrogens with zero attached hydrogens (tertiary/aromatic N) is 1. The highest BCUT2D eigenvalue weighted by atomic mass is 16.2. The van der Waals surface area contributed by atoms with Gasteiger partial charge in [-0.05, 0) is 24.1 Å². The van der Waals surface area contributed by atoms with E-state index in [0.29, 0.717) is 19.5 Å². The highest BCUT2D eigenvalue weighted by Crippen LogP contribution is 2.14. The number of hydrogen-bond acceptors (Lipinski definition) is 2. The highest BCUT2D eigenvalue weighted by molar-refractivity contribution is 5.78. The van der Waals surface area contributed by atoms with Crippen molar-refractivity contribution < 1.29 is 4.79 Å². The maximum Gasteiger partial charge on any atom is 0.227 e. The molecule has 2 rings (SSSR count). The molecule has 0 radical (unpaired) electrons. The molecule has 0 aromatic heterocycles. The van der Waals surface area contributed by atoms with E-state index < -0.39 is 0 Å². The van der Waals surface area contributed by atoms with Gasteiger partial charge in [0.05, 0.1) is 6.42 Å². The summed E-state index contributed by atoms with van der Waals surface area (Å²) in [4.78, 5) is 14.2. The van der Waals surface area contributed by atoms with E-state index in [-0.39, 0.29) is 5.91 Å². The molecule has 0 saturated carbocycles. The van der Waals surface area contributed by atoms with Crippen LogP contribution >= 0.6 is 0 Å². The molecular formula is C17H20N2O. The molecule has 2 aromatic carbocycles. The third-order valence-corrected chi connectivity index (χ3v) is 3.35. The van der Waals surface area contributed by atoms with E-state index in [1.165, 1.54) is 0 Å². The smallest absolute Gasteiger partial charge is 0.227 e. The molecule has 0 saturated heterocycles. The van der Waals surface area contributed by atoms with Crippen molar-refractivity contribution in [2.24, 2.45) is 0 Å². The Balaban J connectivity index is 2.05. The fraction of sp³-hybridized carbons (Fsp3) is 0.235. The Hall–Kier alpha value is -2.29. The lowest BCUT2D eigenvalue weighted by Gasteiger charge is -2.22. The first-order valence-corrected chi connectivity index (χ1v) is 6.85. The zero-order chi connectivity index (χ0) is 14.4. The van der Waals surface area contributed by atoms with Crippen molar-refractivity contribution in [2.45, 2.75) is 19.9 Å². The molecule has 0 aliphatic rings. The Morgan fingerprint density at radius 1 is 1.05 bits per heavy atom. The Morgan fingerprint density at radius 2 is 1.70 bits per heavy atom. The quantitative estimate of drug-likeness (QED) is 0.848. The largest absolute Gasteiger partial charge is 0.398 e. The van der Waals surface area contributed by atoms with E-state index >= 15 is 0 Å². The minimum Gasteiger partial charge on any atom is -0.398 e. The second kappa shape index (κ2) is 6.75. The summed E-state index contributed by atoms with van der Waals surface area (Å²) < 4.78 is 0. The molecule has 0 aliphatic heterocycles. The lowest BCUT2D eigenvalue weighted by molar-refractivity contribution is -0.130. The summed E-state index contributed by atoms with van der Waals surface area (Å²) in [5.41, 5.74) is 8.71. The Morgan fingerprint density at radius 3 is 2.35 bits per heavy atom. The van der Waals surface area contributed by atoms with Gasteiger partial charge in [0.2, 0.25) is 5.91 Å². The van der Waals surface area contributed by atoms with E-state index in [0.717, 1.165) is 16.8 Å². The molecule has 0 fully saturated rings. The van der Waals surface area contributed by atoms with E-state index in [9.17, 15) is 4.79 Å². The molecule has 0 spiro atoms. The number of carbonyl (C=O) groups is 1. The normalized spacial score (nSPS) is 10.2. The molecule has 0 atom stereocenters. The van der Waals surface area contributed by atoms with Crippen molar-refractivity contribution >= 4 is 11.6 Å². The van der Waals surface area contributed by atoms with Crippen molar-refractivity contribution in [2.75, 3.05) is 12.3 Å². The van der Waals surface area contributed by atoms with E-state index in [1.54, 1.807) is 0 Å². The number of anilines is 1. The van der Waals surface area contributed by atoms with Gasteiger partial charge in [-0.15, -0.1) is 0 Å². The molecular weight excluding hydrogens is 248 g/mol. The second-order valence-electron chi connectivity index (χ2n) is 4.77. The van der Waals surface area contributed by atoms with Gasteiger partial charge in [-0.1, -0.05) is 48.5 Å². The van der Waals surface area contributed by atoms with Crippen LogP contribution in [0.1, 0.15) is 18.1 Å². The van der Waals surface area contributed by atoms with E-state index in [4.69, 9.17) is 5.73 Å². The van der Waals surface area contributed by atoms with Crippen molar-refractivity contribution in [3.05, 3.63) is 65.7 Å². The summed E-state index contributed by atoms with van der Waals surface area (Å²) in [6.45, 7) is 3.23. The van der Waals surface area contributed by atoms with Gasteiger partial charge in [-0.3, -0.25) is 4.79 Å². The summed E-state index contributed by atoms with van der Waals surface area (Å²) in [6.07, 6.45) is 0.432. The summed E-state index contributed by atoms with van der Waals surface area (Å²) >= 11 is 0. The number of benzene rings is 2. The SMILES string of the molecule is CCN(Cc1ccccc1N)C(=O)Cc1ccccc1.